The van der Waals surface area contributed by atoms with Gasteiger partial charge >= 0.3 is 16.2 Å². The highest BCUT2D eigenvalue weighted by Crippen LogP contribution is 2.23. The van der Waals surface area contributed by atoms with Gasteiger partial charge in [0.05, 0.1) is 5.75 Å². The molecule has 10 heteroatoms. The molecule has 0 aliphatic carbocycles. The molecule has 1 fully saturated rings. The molecule has 20 heavy (non-hydrogen) atoms. The van der Waals surface area contributed by atoms with Crippen molar-refractivity contribution >= 4 is 32.9 Å². The van der Waals surface area contributed by atoms with E-state index in [9.17, 15) is 26.1 Å². The van der Waals surface area contributed by atoms with E-state index in [1.54, 1.807) is 0 Å². The summed E-state index contributed by atoms with van der Waals surface area (Å²) in [5, 5.41) is 9.10. The predicted octanol–water partition coefficient (Wildman–Crippen LogP) is -0.644. The number of hydrogen-bond donors (Lipinski definition) is 1. The molecule has 0 bridgehead atoms. The van der Waals surface area contributed by atoms with Gasteiger partial charge < -0.3 is 10.0 Å². The highest BCUT2D eigenvalue weighted by atomic mass is 32.3. The van der Waals surface area contributed by atoms with E-state index in [0.29, 0.717) is 0 Å². The van der Waals surface area contributed by atoms with Crippen molar-refractivity contribution in [1.82, 2.24) is 4.90 Å². The summed E-state index contributed by atoms with van der Waals surface area (Å²) in [6.07, 6.45) is 1.24. The minimum atomic E-state index is -4.70. The Morgan fingerprint density at radius 3 is 2.65 bits per heavy atom. The summed E-state index contributed by atoms with van der Waals surface area (Å²) < 4.78 is 44.7. The van der Waals surface area contributed by atoms with E-state index in [1.807, 2.05) is 0 Å². The molecule has 2 unspecified atom stereocenters. The van der Waals surface area contributed by atoms with Gasteiger partial charge in [-0.25, -0.2) is 4.79 Å². The van der Waals surface area contributed by atoms with Gasteiger partial charge in [0, 0.05) is 41.7 Å². The lowest BCUT2D eigenvalue weighted by atomic mass is 10.1. The predicted molar refractivity (Wildman–Crippen MR) is 69.7 cm³/mol. The number of rotatable bonds is 7. The van der Waals surface area contributed by atoms with Crippen LogP contribution >= 0.6 is 0 Å². The van der Waals surface area contributed by atoms with Gasteiger partial charge in [-0.15, -0.1) is 3.89 Å². The molecule has 1 saturated heterocycles. The average molecular weight is 329 g/mol. The lowest BCUT2D eigenvalue weighted by Crippen LogP contribution is -2.43. The van der Waals surface area contributed by atoms with Crippen molar-refractivity contribution in [2.75, 3.05) is 24.3 Å². The molecular formula is C10H16FNO6S2. The van der Waals surface area contributed by atoms with E-state index < -0.39 is 50.6 Å². The number of carboxylic acid groups (broad SMARTS) is 1. The maximum atomic E-state index is 12.6. The highest BCUT2D eigenvalue weighted by Gasteiger charge is 2.39. The molecular weight excluding hydrogens is 313 g/mol. The van der Waals surface area contributed by atoms with Crippen molar-refractivity contribution < 1.29 is 31.2 Å². The fourth-order valence-electron chi connectivity index (χ4n) is 2.19. The molecule has 0 aromatic heterocycles. The van der Waals surface area contributed by atoms with Crippen LogP contribution < -0.4 is 0 Å². The van der Waals surface area contributed by atoms with Gasteiger partial charge in [0.2, 0.25) is 5.91 Å². The number of nitrogens with zero attached hydrogens (tertiary/aromatic N) is 1. The second-order valence-corrected chi connectivity index (χ2v) is 7.71. The topological polar surface area (TPSA) is 109 Å². The minimum Gasteiger partial charge on any atom is -0.480 e. The molecule has 7 nitrogen and oxygen atoms in total. The fourth-order valence-corrected chi connectivity index (χ4v) is 3.53. The molecule has 1 aliphatic rings. The lowest BCUT2D eigenvalue weighted by Gasteiger charge is -2.24. The van der Waals surface area contributed by atoms with E-state index in [1.165, 1.54) is 6.26 Å². The molecule has 1 rings (SSSR count). The van der Waals surface area contributed by atoms with Gasteiger partial charge in [-0.3, -0.25) is 9.00 Å². The first kappa shape index (κ1) is 17.0. The van der Waals surface area contributed by atoms with Crippen LogP contribution in [0.3, 0.4) is 0 Å². The Balaban J connectivity index is 2.75. The first-order valence-corrected chi connectivity index (χ1v) is 9.12. The van der Waals surface area contributed by atoms with Gasteiger partial charge in [-0.1, -0.05) is 0 Å². The van der Waals surface area contributed by atoms with Gasteiger partial charge in [-0.2, -0.15) is 8.42 Å². The zero-order valence-corrected chi connectivity index (χ0v) is 12.5. The smallest absolute Gasteiger partial charge is 0.326 e. The molecule has 1 aliphatic heterocycles. The van der Waals surface area contributed by atoms with E-state index in [2.05, 4.69) is 0 Å². The van der Waals surface area contributed by atoms with E-state index in [4.69, 9.17) is 5.11 Å². The van der Waals surface area contributed by atoms with E-state index >= 15 is 0 Å². The van der Waals surface area contributed by atoms with Crippen molar-refractivity contribution in [3.63, 3.8) is 0 Å². The SMILES string of the molecule is CS(=O)CC[C@@H](C(=O)O)N1CC(CS(=O)(=O)F)CC1=O. The number of likely N-dealkylation sites (tertiary alicyclic amines) is 1. The third kappa shape index (κ3) is 5.16. The lowest BCUT2D eigenvalue weighted by molar-refractivity contribution is -0.148. The Morgan fingerprint density at radius 1 is 1.60 bits per heavy atom. The number of aliphatic carboxylic acids is 1. The molecule has 0 saturated carbocycles. The van der Waals surface area contributed by atoms with Crippen LogP contribution in [0, 0.1) is 5.92 Å². The van der Waals surface area contributed by atoms with Gasteiger partial charge in [-0.05, 0) is 6.42 Å². The molecule has 1 N–H and O–H groups in total. The number of carbonyl (C=O) groups excluding carboxylic acids is 1. The number of carbonyl (C=O) groups is 2. The summed E-state index contributed by atoms with van der Waals surface area (Å²) in [4.78, 5) is 23.9. The number of carboxylic acids is 1. The van der Waals surface area contributed by atoms with Crippen LogP contribution in [0.4, 0.5) is 3.89 Å². The second-order valence-electron chi connectivity index (χ2n) is 4.74. The van der Waals surface area contributed by atoms with Crippen LogP contribution in [0.5, 0.6) is 0 Å². The van der Waals surface area contributed by atoms with Crippen molar-refractivity contribution in [3.05, 3.63) is 0 Å². The number of amides is 1. The zero-order valence-electron chi connectivity index (χ0n) is 10.8. The number of hydrogen-bond acceptors (Lipinski definition) is 5. The Bertz CT molecular complexity index is 520. The van der Waals surface area contributed by atoms with Gasteiger partial charge in [0.25, 0.3) is 0 Å². The molecule has 116 valence electrons. The maximum absolute atomic E-state index is 12.6. The van der Waals surface area contributed by atoms with Crippen molar-refractivity contribution in [2.45, 2.75) is 18.9 Å². The van der Waals surface area contributed by atoms with Gasteiger partial charge in [0.1, 0.15) is 6.04 Å². The van der Waals surface area contributed by atoms with Crippen LogP contribution in [0.25, 0.3) is 0 Å². The molecule has 1 amide bonds. The van der Waals surface area contributed by atoms with Crippen molar-refractivity contribution in [1.29, 1.82) is 0 Å². The molecule has 0 spiro atoms. The summed E-state index contributed by atoms with van der Waals surface area (Å²) in [5.74, 6) is -3.18. The summed E-state index contributed by atoms with van der Waals surface area (Å²) in [7, 11) is -5.90. The maximum Gasteiger partial charge on any atom is 0.326 e. The molecule has 0 radical (unpaired) electrons. The first-order valence-electron chi connectivity index (χ1n) is 5.85. The summed E-state index contributed by atoms with van der Waals surface area (Å²) >= 11 is 0. The fraction of sp³-hybridized carbons (Fsp3) is 0.800. The largest absolute Gasteiger partial charge is 0.480 e. The Kier molecular flexibility index (Phi) is 5.63. The minimum absolute atomic E-state index is 0.0132. The molecule has 1 heterocycles. The average Bonchev–Trinajstić information content (AvgIpc) is 2.56. The monoisotopic (exact) mass is 329 g/mol. The van der Waals surface area contributed by atoms with Crippen molar-refractivity contribution in [2.24, 2.45) is 5.92 Å². The molecule has 3 atom stereocenters. The summed E-state index contributed by atoms with van der Waals surface area (Å²) in [5.41, 5.74) is 0. The standard InChI is InChI=1S/C10H16FNO6S2/c1-19(16)3-2-8(10(14)15)12-5-7(4-9(12)13)6-20(11,17)18/h7-8H,2-6H2,1H3,(H,14,15)/t7?,8-,19?/m0/s1. The van der Waals surface area contributed by atoms with Crippen LogP contribution in [-0.2, 0) is 30.6 Å². The quantitative estimate of drug-likeness (QED) is 0.622. The highest BCUT2D eigenvalue weighted by molar-refractivity contribution is 7.86. The second kappa shape index (κ2) is 6.61. The van der Waals surface area contributed by atoms with Crippen LogP contribution in [0.2, 0.25) is 0 Å². The normalized spacial score (nSPS) is 22.8. The molecule has 0 aromatic carbocycles. The van der Waals surface area contributed by atoms with Gasteiger partial charge in [0.15, 0.2) is 0 Å². The van der Waals surface area contributed by atoms with Crippen LogP contribution in [0.1, 0.15) is 12.8 Å². The van der Waals surface area contributed by atoms with E-state index in [-0.39, 0.29) is 25.1 Å². The summed E-state index contributed by atoms with van der Waals surface area (Å²) in [6, 6.07) is -1.15. The Hall–Kier alpha value is -1.03. The third-order valence-electron chi connectivity index (χ3n) is 3.01. The van der Waals surface area contributed by atoms with Crippen molar-refractivity contribution in [3.8, 4) is 0 Å². The van der Waals surface area contributed by atoms with Crippen LogP contribution in [0.15, 0.2) is 0 Å². The summed E-state index contributed by atoms with van der Waals surface area (Å²) in [6.45, 7) is -0.116. The molecule has 0 aromatic rings. The van der Waals surface area contributed by atoms with E-state index in [0.717, 1.165) is 4.90 Å². The first-order chi connectivity index (χ1) is 9.10. The zero-order chi connectivity index (χ0) is 15.5. The van der Waals surface area contributed by atoms with Crippen LogP contribution in [-0.4, -0.2) is 64.9 Å². The number of halogens is 1. The third-order valence-corrected chi connectivity index (χ3v) is 4.69. The Morgan fingerprint density at radius 2 is 2.20 bits per heavy atom. The Labute approximate surface area is 118 Å².